The SMILES string of the molecule is COCC[C@H]1CCCN1C(=O)c1cc(-c2ccccc2)c(=O)n2ccc3ccsc3c12. The maximum absolute atomic E-state index is 13.9. The van der Waals surface area contributed by atoms with Crippen LogP contribution < -0.4 is 5.56 Å². The van der Waals surface area contributed by atoms with E-state index in [1.165, 1.54) is 0 Å². The van der Waals surface area contributed by atoms with Crippen LogP contribution in [0.2, 0.25) is 0 Å². The van der Waals surface area contributed by atoms with Crippen LogP contribution in [0.4, 0.5) is 0 Å². The third kappa shape index (κ3) is 3.46. The molecule has 0 unspecified atom stereocenters. The first kappa shape index (κ1) is 20.0. The molecular weight excluding hydrogens is 408 g/mol. The predicted octanol–water partition coefficient (Wildman–Crippen LogP) is 4.82. The predicted molar refractivity (Wildman–Crippen MR) is 125 cm³/mol. The van der Waals surface area contributed by atoms with Gasteiger partial charge in [0.25, 0.3) is 11.5 Å². The summed E-state index contributed by atoms with van der Waals surface area (Å²) in [5, 5.41) is 3.05. The van der Waals surface area contributed by atoms with Crippen molar-refractivity contribution in [1.29, 1.82) is 0 Å². The molecule has 4 heterocycles. The van der Waals surface area contributed by atoms with Gasteiger partial charge < -0.3 is 9.64 Å². The van der Waals surface area contributed by atoms with Gasteiger partial charge in [0, 0.05) is 38.1 Å². The Morgan fingerprint density at radius 3 is 2.84 bits per heavy atom. The number of hydrogen-bond donors (Lipinski definition) is 0. The van der Waals surface area contributed by atoms with Crippen molar-refractivity contribution in [2.75, 3.05) is 20.3 Å². The fourth-order valence-electron chi connectivity index (χ4n) is 4.61. The molecule has 1 saturated heterocycles. The Kier molecular flexibility index (Phi) is 5.34. The molecular formula is C25H24N2O3S. The largest absolute Gasteiger partial charge is 0.385 e. The van der Waals surface area contributed by atoms with Gasteiger partial charge in [0.1, 0.15) is 0 Å². The first-order valence-electron chi connectivity index (χ1n) is 10.6. The minimum atomic E-state index is -0.106. The zero-order chi connectivity index (χ0) is 21.4. The lowest BCUT2D eigenvalue weighted by Crippen LogP contribution is -2.37. The summed E-state index contributed by atoms with van der Waals surface area (Å²) in [4.78, 5) is 29.3. The summed E-state index contributed by atoms with van der Waals surface area (Å²) in [5.41, 5.74) is 2.56. The number of fused-ring (bicyclic) bond motifs is 3. The molecule has 0 N–H and O–H groups in total. The van der Waals surface area contributed by atoms with Gasteiger partial charge in [-0.05, 0) is 53.8 Å². The highest BCUT2D eigenvalue weighted by atomic mass is 32.1. The van der Waals surface area contributed by atoms with Gasteiger partial charge >= 0.3 is 0 Å². The lowest BCUT2D eigenvalue weighted by molar-refractivity contribution is 0.0705. The number of carbonyl (C=O) groups excluding carboxylic acids is 1. The number of thiophene rings is 1. The molecule has 4 aromatic rings. The Balaban J connectivity index is 1.74. The van der Waals surface area contributed by atoms with E-state index in [1.54, 1.807) is 35.1 Å². The topological polar surface area (TPSA) is 51.0 Å². The highest BCUT2D eigenvalue weighted by molar-refractivity contribution is 7.18. The molecule has 31 heavy (non-hydrogen) atoms. The molecule has 1 fully saturated rings. The summed E-state index contributed by atoms with van der Waals surface area (Å²) in [5.74, 6) is -0.00539. The Morgan fingerprint density at radius 1 is 1.19 bits per heavy atom. The van der Waals surface area contributed by atoms with Crippen molar-refractivity contribution in [3.8, 4) is 11.1 Å². The molecule has 158 valence electrons. The number of nitrogens with zero attached hydrogens (tertiary/aromatic N) is 2. The van der Waals surface area contributed by atoms with Crippen molar-refractivity contribution in [1.82, 2.24) is 9.30 Å². The van der Waals surface area contributed by atoms with Crippen LogP contribution in [-0.4, -0.2) is 41.5 Å². The van der Waals surface area contributed by atoms with E-state index in [9.17, 15) is 9.59 Å². The second-order valence-electron chi connectivity index (χ2n) is 7.96. The molecule has 1 atom stereocenters. The van der Waals surface area contributed by atoms with Crippen LogP contribution in [0.3, 0.4) is 0 Å². The average Bonchev–Trinajstić information content (AvgIpc) is 3.47. The van der Waals surface area contributed by atoms with Crippen molar-refractivity contribution in [2.45, 2.75) is 25.3 Å². The normalized spacial score (nSPS) is 16.4. The number of likely N-dealkylation sites (tertiary alicyclic amines) is 1. The van der Waals surface area contributed by atoms with Gasteiger partial charge in [-0.3, -0.25) is 14.0 Å². The van der Waals surface area contributed by atoms with Crippen LogP contribution in [0, 0.1) is 0 Å². The molecule has 1 amide bonds. The molecule has 0 bridgehead atoms. The molecule has 0 saturated carbocycles. The van der Waals surface area contributed by atoms with E-state index in [0.29, 0.717) is 23.3 Å². The fourth-order valence-corrected chi connectivity index (χ4v) is 5.55. The van der Waals surface area contributed by atoms with Crippen molar-refractivity contribution in [3.63, 3.8) is 0 Å². The molecule has 3 aromatic heterocycles. The van der Waals surface area contributed by atoms with E-state index >= 15 is 0 Å². The van der Waals surface area contributed by atoms with Crippen LogP contribution in [0.5, 0.6) is 0 Å². The maximum atomic E-state index is 13.9. The number of benzene rings is 1. The Labute approximate surface area is 184 Å². The molecule has 5 rings (SSSR count). The van der Waals surface area contributed by atoms with Gasteiger partial charge in [0.05, 0.1) is 15.8 Å². The van der Waals surface area contributed by atoms with Gasteiger partial charge in [-0.15, -0.1) is 11.3 Å². The number of rotatable bonds is 5. The number of amides is 1. The highest BCUT2D eigenvalue weighted by Crippen LogP contribution is 2.31. The highest BCUT2D eigenvalue weighted by Gasteiger charge is 2.31. The van der Waals surface area contributed by atoms with Crippen LogP contribution >= 0.6 is 11.3 Å². The Bertz CT molecular complexity index is 1310. The summed E-state index contributed by atoms with van der Waals surface area (Å²) in [6.45, 7) is 1.37. The molecule has 0 spiro atoms. The lowest BCUT2D eigenvalue weighted by Gasteiger charge is -2.25. The number of aromatic nitrogens is 1. The summed E-state index contributed by atoms with van der Waals surface area (Å²) in [6.07, 6.45) is 4.60. The first-order valence-corrected chi connectivity index (χ1v) is 11.5. The third-order valence-electron chi connectivity index (χ3n) is 6.16. The third-order valence-corrected chi connectivity index (χ3v) is 7.09. The van der Waals surface area contributed by atoms with Gasteiger partial charge in [-0.25, -0.2) is 0 Å². The van der Waals surface area contributed by atoms with E-state index in [-0.39, 0.29) is 17.5 Å². The molecule has 1 aliphatic heterocycles. The van der Waals surface area contributed by atoms with Crippen LogP contribution in [-0.2, 0) is 4.74 Å². The summed E-state index contributed by atoms with van der Waals surface area (Å²) in [6, 6.07) is 15.5. The number of methoxy groups -OCH3 is 1. The van der Waals surface area contributed by atoms with E-state index in [0.717, 1.165) is 41.5 Å². The quantitative estimate of drug-likeness (QED) is 0.454. The number of carbonyl (C=O) groups is 1. The van der Waals surface area contributed by atoms with Gasteiger partial charge in [-0.2, -0.15) is 0 Å². The summed E-state index contributed by atoms with van der Waals surface area (Å²) >= 11 is 1.57. The first-order chi connectivity index (χ1) is 15.2. The molecule has 1 aromatic carbocycles. The molecule has 0 radical (unpaired) electrons. The molecule has 5 nitrogen and oxygen atoms in total. The van der Waals surface area contributed by atoms with Crippen LogP contribution in [0.1, 0.15) is 29.6 Å². The maximum Gasteiger partial charge on any atom is 0.263 e. The van der Waals surface area contributed by atoms with Crippen molar-refractivity contribution in [3.05, 3.63) is 76.0 Å². The van der Waals surface area contributed by atoms with Crippen molar-refractivity contribution < 1.29 is 9.53 Å². The molecule has 1 aliphatic rings. The number of ether oxygens (including phenoxy) is 1. The minimum Gasteiger partial charge on any atom is -0.385 e. The average molecular weight is 433 g/mol. The fraction of sp³-hybridized carbons (Fsp3) is 0.280. The second-order valence-corrected chi connectivity index (χ2v) is 8.87. The van der Waals surface area contributed by atoms with E-state index < -0.39 is 0 Å². The monoisotopic (exact) mass is 432 g/mol. The standard InChI is InChI=1S/C25H24N2O3S/c1-30-14-10-19-8-5-12-26(19)25(29)21-16-20(17-6-3-2-4-7-17)24(28)27-13-9-18-11-15-31-23(18)22(21)27/h2-4,6-7,9,11,13,15-16,19H,5,8,10,12,14H2,1H3/t19-/m1/s1. The minimum absolute atomic E-state index is 0.00539. The zero-order valence-electron chi connectivity index (χ0n) is 17.4. The number of pyridine rings is 2. The van der Waals surface area contributed by atoms with Crippen LogP contribution in [0.15, 0.2) is 64.9 Å². The van der Waals surface area contributed by atoms with Crippen molar-refractivity contribution in [2.24, 2.45) is 0 Å². The molecule has 0 aliphatic carbocycles. The summed E-state index contributed by atoms with van der Waals surface area (Å²) in [7, 11) is 1.69. The van der Waals surface area contributed by atoms with Crippen molar-refractivity contribution >= 4 is 32.8 Å². The van der Waals surface area contributed by atoms with Gasteiger partial charge in [-0.1, -0.05) is 30.3 Å². The summed E-state index contributed by atoms with van der Waals surface area (Å²) < 4.78 is 7.88. The van der Waals surface area contributed by atoms with Crippen LogP contribution in [0.25, 0.3) is 26.7 Å². The van der Waals surface area contributed by atoms with Gasteiger partial charge in [0.15, 0.2) is 0 Å². The lowest BCUT2D eigenvalue weighted by atomic mass is 10.0. The molecule has 6 heteroatoms. The van der Waals surface area contributed by atoms with Gasteiger partial charge in [0.2, 0.25) is 0 Å². The smallest absolute Gasteiger partial charge is 0.263 e. The van der Waals surface area contributed by atoms with E-state index in [1.807, 2.05) is 52.7 Å². The number of hydrogen-bond acceptors (Lipinski definition) is 4. The van der Waals surface area contributed by atoms with E-state index in [4.69, 9.17) is 4.74 Å². The Hall–Kier alpha value is -2.96. The Morgan fingerprint density at radius 2 is 2.03 bits per heavy atom. The zero-order valence-corrected chi connectivity index (χ0v) is 18.2. The van der Waals surface area contributed by atoms with E-state index in [2.05, 4.69) is 0 Å². The second kappa shape index (κ2) is 8.29.